The number of benzene rings is 1. The van der Waals surface area contributed by atoms with E-state index in [2.05, 4.69) is 17.6 Å². The Hall–Kier alpha value is -1.88. The molecule has 0 bridgehead atoms. The van der Waals surface area contributed by atoms with Crippen LogP contribution in [0.4, 0.5) is 0 Å². The summed E-state index contributed by atoms with van der Waals surface area (Å²) in [5, 5.41) is 5.60. The van der Waals surface area contributed by atoms with E-state index < -0.39 is 0 Å². The molecule has 1 rings (SSSR count). The monoisotopic (exact) mass is 292 g/mol. The maximum Gasteiger partial charge on any atom is 0.251 e. The highest BCUT2D eigenvalue weighted by molar-refractivity contribution is 5.97. The number of methoxy groups -OCH3 is 1. The number of nitrogens with one attached hydrogen (secondary N) is 2. The molecule has 0 fully saturated rings. The molecule has 1 aromatic carbocycles. The van der Waals surface area contributed by atoms with Crippen LogP contribution in [0.3, 0.4) is 0 Å². The second kappa shape index (κ2) is 9.94. The average molecular weight is 292 g/mol. The van der Waals surface area contributed by atoms with Crippen molar-refractivity contribution in [2.75, 3.05) is 26.8 Å². The Morgan fingerprint density at radius 3 is 1.95 bits per heavy atom. The van der Waals surface area contributed by atoms with E-state index in [4.69, 9.17) is 4.74 Å². The van der Waals surface area contributed by atoms with Gasteiger partial charge in [0.2, 0.25) is 0 Å². The lowest BCUT2D eigenvalue weighted by atomic mass is 10.1. The van der Waals surface area contributed by atoms with Gasteiger partial charge in [-0.05, 0) is 30.7 Å². The van der Waals surface area contributed by atoms with E-state index in [1.54, 1.807) is 31.4 Å². The van der Waals surface area contributed by atoms with Crippen LogP contribution in [-0.2, 0) is 4.74 Å². The van der Waals surface area contributed by atoms with Crippen molar-refractivity contribution in [1.82, 2.24) is 10.6 Å². The number of hydrogen-bond donors (Lipinski definition) is 2. The molecule has 116 valence electrons. The van der Waals surface area contributed by atoms with Crippen LogP contribution in [0.15, 0.2) is 24.3 Å². The number of ether oxygens (including phenoxy) is 1. The van der Waals surface area contributed by atoms with Crippen molar-refractivity contribution in [2.24, 2.45) is 0 Å². The van der Waals surface area contributed by atoms with E-state index in [1.807, 2.05) is 0 Å². The minimum absolute atomic E-state index is 0.0996. The van der Waals surface area contributed by atoms with E-state index in [9.17, 15) is 9.59 Å². The fraction of sp³-hybridized carbons (Fsp3) is 0.500. The molecule has 0 spiro atoms. The molecule has 21 heavy (non-hydrogen) atoms. The Labute approximate surface area is 126 Å². The molecule has 5 heteroatoms. The molecule has 0 heterocycles. The van der Waals surface area contributed by atoms with Crippen molar-refractivity contribution >= 4 is 11.8 Å². The van der Waals surface area contributed by atoms with Crippen LogP contribution < -0.4 is 10.6 Å². The summed E-state index contributed by atoms with van der Waals surface area (Å²) in [7, 11) is 1.58. The molecular weight excluding hydrogens is 268 g/mol. The number of rotatable bonds is 9. The Morgan fingerprint density at radius 1 is 0.952 bits per heavy atom. The Morgan fingerprint density at radius 2 is 1.48 bits per heavy atom. The van der Waals surface area contributed by atoms with Gasteiger partial charge in [0, 0.05) is 31.3 Å². The highest BCUT2D eigenvalue weighted by Gasteiger charge is 2.08. The second-order valence-electron chi connectivity index (χ2n) is 4.79. The molecule has 0 aromatic heterocycles. The van der Waals surface area contributed by atoms with Gasteiger partial charge in [0.25, 0.3) is 11.8 Å². The standard InChI is InChI=1S/C16H24N2O3/c1-3-4-5-10-17-15(19)13-6-8-14(9-7-13)16(20)18-11-12-21-2/h6-9H,3-5,10-12H2,1-2H3,(H,17,19)(H,18,20). The fourth-order valence-electron chi connectivity index (χ4n) is 1.82. The Kier molecular flexibility index (Phi) is 8.12. The Balaban J connectivity index is 2.45. The summed E-state index contributed by atoms with van der Waals surface area (Å²) in [6.45, 7) is 3.75. The molecule has 0 atom stereocenters. The zero-order valence-corrected chi connectivity index (χ0v) is 12.8. The van der Waals surface area contributed by atoms with Crippen LogP contribution in [0.25, 0.3) is 0 Å². The zero-order chi connectivity index (χ0) is 15.5. The summed E-state index contributed by atoms with van der Waals surface area (Å²) >= 11 is 0. The number of carbonyl (C=O) groups is 2. The molecule has 2 N–H and O–H groups in total. The van der Waals surface area contributed by atoms with E-state index in [-0.39, 0.29) is 11.8 Å². The quantitative estimate of drug-likeness (QED) is 0.684. The molecule has 0 saturated carbocycles. The lowest BCUT2D eigenvalue weighted by Gasteiger charge is -2.07. The van der Waals surface area contributed by atoms with Crippen molar-refractivity contribution in [3.63, 3.8) is 0 Å². The van der Waals surface area contributed by atoms with Crippen LogP contribution in [0.1, 0.15) is 46.9 Å². The third-order valence-electron chi connectivity index (χ3n) is 3.07. The van der Waals surface area contributed by atoms with Gasteiger partial charge < -0.3 is 15.4 Å². The van der Waals surface area contributed by atoms with Gasteiger partial charge in [-0.25, -0.2) is 0 Å². The fourth-order valence-corrected chi connectivity index (χ4v) is 1.82. The van der Waals surface area contributed by atoms with Crippen molar-refractivity contribution in [1.29, 1.82) is 0 Å². The van der Waals surface area contributed by atoms with Gasteiger partial charge in [-0.1, -0.05) is 19.8 Å². The van der Waals surface area contributed by atoms with E-state index in [0.29, 0.717) is 30.8 Å². The van der Waals surface area contributed by atoms with Crippen LogP contribution in [-0.4, -0.2) is 38.6 Å². The van der Waals surface area contributed by atoms with Crippen molar-refractivity contribution in [3.05, 3.63) is 35.4 Å². The smallest absolute Gasteiger partial charge is 0.251 e. The number of hydrogen-bond acceptors (Lipinski definition) is 3. The summed E-state index contributed by atoms with van der Waals surface area (Å²) < 4.78 is 4.87. The lowest BCUT2D eigenvalue weighted by Crippen LogP contribution is -2.27. The predicted molar refractivity (Wildman–Crippen MR) is 82.5 cm³/mol. The van der Waals surface area contributed by atoms with Gasteiger partial charge >= 0.3 is 0 Å². The number of amides is 2. The number of carbonyl (C=O) groups excluding carboxylic acids is 2. The largest absolute Gasteiger partial charge is 0.383 e. The highest BCUT2D eigenvalue weighted by atomic mass is 16.5. The summed E-state index contributed by atoms with van der Waals surface area (Å²) in [5.41, 5.74) is 1.11. The van der Waals surface area contributed by atoms with E-state index in [0.717, 1.165) is 19.3 Å². The molecule has 0 saturated heterocycles. The van der Waals surface area contributed by atoms with Crippen molar-refractivity contribution in [3.8, 4) is 0 Å². The normalized spacial score (nSPS) is 10.2. The third kappa shape index (κ3) is 6.40. The first-order valence-electron chi connectivity index (χ1n) is 7.34. The topological polar surface area (TPSA) is 67.4 Å². The van der Waals surface area contributed by atoms with Gasteiger partial charge in [-0.3, -0.25) is 9.59 Å². The zero-order valence-electron chi connectivity index (χ0n) is 12.8. The van der Waals surface area contributed by atoms with Crippen LogP contribution in [0.5, 0.6) is 0 Å². The third-order valence-corrected chi connectivity index (χ3v) is 3.07. The van der Waals surface area contributed by atoms with Gasteiger partial charge in [-0.2, -0.15) is 0 Å². The minimum atomic E-state index is -0.165. The molecule has 0 unspecified atom stereocenters. The van der Waals surface area contributed by atoms with Crippen LogP contribution in [0.2, 0.25) is 0 Å². The van der Waals surface area contributed by atoms with Gasteiger partial charge in [0.15, 0.2) is 0 Å². The SMILES string of the molecule is CCCCCNC(=O)c1ccc(C(=O)NCCOC)cc1. The van der Waals surface area contributed by atoms with Crippen LogP contribution in [0, 0.1) is 0 Å². The molecule has 2 amide bonds. The first-order valence-corrected chi connectivity index (χ1v) is 7.34. The summed E-state index contributed by atoms with van der Waals surface area (Å²) in [4.78, 5) is 23.6. The molecule has 0 radical (unpaired) electrons. The molecule has 0 aliphatic heterocycles. The maximum atomic E-state index is 11.9. The summed E-state index contributed by atoms with van der Waals surface area (Å²) in [6.07, 6.45) is 3.23. The molecule has 0 aliphatic carbocycles. The van der Waals surface area contributed by atoms with E-state index >= 15 is 0 Å². The first kappa shape index (κ1) is 17.2. The van der Waals surface area contributed by atoms with Gasteiger partial charge in [0.1, 0.15) is 0 Å². The summed E-state index contributed by atoms with van der Waals surface area (Å²) in [6, 6.07) is 6.65. The molecule has 1 aromatic rings. The Bertz CT molecular complexity index is 443. The first-order chi connectivity index (χ1) is 10.2. The van der Waals surface area contributed by atoms with E-state index in [1.165, 1.54) is 0 Å². The minimum Gasteiger partial charge on any atom is -0.383 e. The van der Waals surface area contributed by atoms with Crippen LogP contribution >= 0.6 is 0 Å². The predicted octanol–water partition coefficient (Wildman–Crippen LogP) is 1.98. The molecule has 0 aliphatic rings. The highest BCUT2D eigenvalue weighted by Crippen LogP contribution is 2.05. The second-order valence-corrected chi connectivity index (χ2v) is 4.79. The lowest BCUT2D eigenvalue weighted by molar-refractivity contribution is 0.0931. The van der Waals surface area contributed by atoms with Gasteiger partial charge in [-0.15, -0.1) is 0 Å². The van der Waals surface area contributed by atoms with Gasteiger partial charge in [0.05, 0.1) is 6.61 Å². The number of unbranched alkanes of at least 4 members (excludes halogenated alkanes) is 2. The average Bonchev–Trinajstić information content (AvgIpc) is 2.51. The molecular formula is C16H24N2O3. The van der Waals surface area contributed by atoms with Crippen molar-refractivity contribution in [2.45, 2.75) is 26.2 Å². The van der Waals surface area contributed by atoms with Crippen molar-refractivity contribution < 1.29 is 14.3 Å². The maximum absolute atomic E-state index is 11.9. The summed E-state index contributed by atoms with van der Waals surface area (Å²) in [5.74, 6) is -0.264. The molecule has 5 nitrogen and oxygen atoms in total.